The SMILES string of the molecule is O=C1N=NC=C1CC1=CN=NC1=O. The number of hydrogen-bond donors (Lipinski definition) is 0. The minimum absolute atomic E-state index is 0.206. The van der Waals surface area contributed by atoms with Crippen LogP contribution in [0.4, 0.5) is 0 Å². The van der Waals surface area contributed by atoms with Crippen molar-refractivity contribution in [2.45, 2.75) is 6.42 Å². The predicted octanol–water partition coefficient (Wildman–Crippen LogP) is 1.13. The van der Waals surface area contributed by atoms with Crippen LogP contribution >= 0.6 is 0 Å². The number of carbonyl (C=O) groups excluding carboxylic acids is 2. The zero-order valence-electron chi connectivity index (χ0n) is 6.47. The highest BCUT2D eigenvalue weighted by molar-refractivity contribution is 6.00. The standard InChI is InChI=1S/C7H4N4O2/c12-6-4(2-8-10-6)1-5-3-9-11-7(5)13/h2-3H,1H2. The van der Waals surface area contributed by atoms with Gasteiger partial charge in [-0.3, -0.25) is 9.59 Å². The van der Waals surface area contributed by atoms with Crippen LogP contribution in [0.1, 0.15) is 6.42 Å². The molecule has 0 fully saturated rings. The minimum atomic E-state index is -0.402. The van der Waals surface area contributed by atoms with E-state index in [0.717, 1.165) is 0 Å². The molecule has 13 heavy (non-hydrogen) atoms. The molecule has 6 heteroatoms. The summed E-state index contributed by atoms with van der Waals surface area (Å²) in [6.07, 6.45) is 2.89. The predicted molar refractivity (Wildman–Crippen MR) is 40.5 cm³/mol. The monoisotopic (exact) mass is 176 g/mol. The van der Waals surface area contributed by atoms with Crippen LogP contribution in [0.3, 0.4) is 0 Å². The molecule has 0 saturated carbocycles. The Hall–Kier alpha value is -1.98. The number of amides is 2. The summed E-state index contributed by atoms with van der Waals surface area (Å²) in [6, 6.07) is 0. The minimum Gasteiger partial charge on any atom is -0.265 e. The number of nitrogens with zero attached hydrogens (tertiary/aromatic N) is 4. The Morgan fingerprint density at radius 2 is 1.38 bits per heavy atom. The van der Waals surface area contributed by atoms with Crippen molar-refractivity contribution in [1.82, 2.24) is 0 Å². The Morgan fingerprint density at radius 3 is 1.69 bits per heavy atom. The molecule has 0 N–H and O–H groups in total. The first kappa shape index (κ1) is 7.66. The van der Waals surface area contributed by atoms with Crippen LogP contribution in [0.25, 0.3) is 0 Å². The van der Waals surface area contributed by atoms with Crippen LogP contribution in [-0.4, -0.2) is 11.8 Å². The molecule has 0 aromatic heterocycles. The largest absolute Gasteiger partial charge is 0.293 e. The zero-order valence-corrected chi connectivity index (χ0v) is 6.47. The molecular formula is C7H4N4O2. The van der Waals surface area contributed by atoms with Gasteiger partial charge in [0.1, 0.15) is 0 Å². The van der Waals surface area contributed by atoms with Gasteiger partial charge in [0.05, 0.1) is 12.4 Å². The van der Waals surface area contributed by atoms with Gasteiger partial charge in [-0.25, -0.2) is 0 Å². The van der Waals surface area contributed by atoms with E-state index in [1.54, 1.807) is 0 Å². The molecular weight excluding hydrogens is 172 g/mol. The third kappa shape index (κ3) is 1.33. The summed E-state index contributed by atoms with van der Waals surface area (Å²) in [5.74, 6) is -0.804. The number of hydrogen-bond acceptors (Lipinski definition) is 4. The van der Waals surface area contributed by atoms with E-state index in [4.69, 9.17) is 0 Å². The molecule has 2 heterocycles. The summed E-state index contributed by atoms with van der Waals surface area (Å²) in [7, 11) is 0. The van der Waals surface area contributed by atoms with Gasteiger partial charge in [0.25, 0.3) is 11.8 Å². The van der Waals surface area contributed by atoms with Crippen molar-refractivity contribution in [3.05, 3.63) is 23.5 Å². The Balaban J connectivity index is 2.09. The first-order valence-electron chi connectivity index (χ1n) is 3.56. The molecule has 2 aliphatic rings. The highest BCUT2D eigenvalue weighted by Gasteiger charge is 2.20. The number of carbonyl (C=O) groups is 2. The summed E-state index contributed by atoms with van der Waals surface area (Å²) < 4.78 is 0. The molecule has 2 amide bonds. The second-order valence-corrected chi connectivity index (χ2v) is 2.53. The topological polar surface area (TPSA) is 83.6 Å². The summed E-state index contributed by atoms with van der Waals surface area (Å²) >= 11 is 0. The van der Waals surface area contributed by atoms with Gasteiger partial charge in [-0.15, -0.1) is 10.2 Å². The van der Waals surface area contributed by atoms with E-state index >= 15 is 0 Å². The fourth-order valence-corrected chi connectivity index (χ4v) is 0.989. The van der Waals surface area contributed by atoms with E-state index in [1.807, 2.05) is 0 Å². The highest BCUT2D eigenvalue weighted by Crippen LogP contribution is 2.20. The lowest BCUT2D eigenvalue weighted by Gasteiger charge is -1.95. The van der Waals surface area contributed by atoms with Gasteiger partial charge in [0, 0.05) is 17.6 Å². The summed E-state index contributed by atoms with van der Waals surface area (Å²) in [6.45, 7) is 0. The molecule has 2 rings (SSSR count). The van der Waals surface area contributed by atoms with Crippen LogP contribution in [0.2, 0.25) is 0 Å². The maximum absolute atomic E-state index is 10.9. The maximum atomic E-state index is 10.9. The van der Waals surface area contributed by atoms with Gasteiger partial charge in [0.15, 0.2) is 0 Å². The van der Waals surface area contributed by atoms with Crippen molar-refractivity contribution in [2.75, 3.05) is 0 Å². The van der Waals surface area contributed by atoms with Gasteiger partial charge >= 0.3 is 0 Å². The van der Waals surface area contributed by atoms with Gasteiger partial charge in [-0.1, -0.05) is 0 Å². The smallest absolute Gasteiger partial charge is 0.265 e. The van der Waals surface area contributed by atoms with E-state index in [1.165, 1.54) is 12.4 Å². The second kappa shape index (κ2) is 2.81. The second-order valence-electron chi connectivity index (χ2n) is 2.53. The van der Waals surface area contributed by atoms with E-state index in [9.17, 15) is 9.59 Å². The lowest BCUT2D eigenvalue weighted by Crippen LogP contribution is -2.00. The van der Waals surface area contributed by atoms with Crippen molar-refractivity contribution >= 4 is 11.8 Å². The summed E-state index contributed by atoms with van der Waals surface area (Å²) in [4.78, 5) is 21.9. The molecule has 0 unspecified atom stereocenters. The third-order valence-corrected chi connectivity index (χ3v) is 1.65. The van der Waals surface area contributed by atoms with Crippen molar-refractivity contribution < 1.29 is 9.59 Å². The average Bonchev–Trinajstić information content (AvgIpc) is 2.65. The van der Waals surface area contributed by atoms with Crippen LogP contribution < -0.4 is 0 Å². The number of azo groups is 2. The Morgan fingerprint density at radius 1 is 0.923 bits per heavy atom. The molecule has 2 aliphatic heterocycles. The average molecular weight is 176 g/mol. The fraction of sp³-hybridized carbons (Fsp3) is 0.143. The Labute approximate surface area is 72.8 Å². The van der Waals surface area contributed by atoms with Gasteiger partial charge in [-0.05, 0) is 0 Å². The molecule has 0 spiro atoms. The third-order valence-electron chi connectivity index (χ3n) is 1.65. The summed E-state index contributed by atoms with van der Waals surface area (Å²) in [5.41, 5.74) is 0.791. The van der Waals surface area contributed by atoms with E-state index in [-0.39, 0.29) is 6.42 Å². The van der Waals surface area contributed by atoms with Gasteiger partial charge in [-0.2, -0.15) is 10.2 Å². The van der Waals surface area contributed by atoms with Gasteiger partial charge in [0.2, 0.25) is 0 Å². The van der Waals surface area contributed by atoms with Crippen LogP contribution in [-0.2, 0) is 9.59 Å². The molecule has 0 bridgehead atoms. The Bertz CT molecular complexity index is 365. The molecule has 0 aliphatic carbocycles. The molecule has 0 aromatic carbocycles. The first-order chi connectivity index (χ1) is 6.27. The Kier molecular flexibility index (Phi) is 1.66. The highest BCUT2D eigenvalue weighted by atomic mass is 16.2. The fourth-order valence-electron chi connectivity index (χ4n) is 0.989. The van der Waals surface area contributed by atoms with Crippen molar-refractivity contribution in [3.63, 3.8) is 0 Å². The molecule has 0 radical (unpaired) electrons. The van der Waals surface area contributed by atoms with Crippen molar-refractivity contribution in [3.8, 4) is 0 Å². The number of rotatable bonds is 2. The molecule has 0 atom stereocenters. The molecule has 0 aromatic rings. The van der Waals surface area contributed by atoms with Crippen LogP contribution in [0.15, 0.2) is 44.0 Å². The maximum Gasteiger partial charge on any atom is 0.293 e. The lowest BCUT2D eigenvalue weighted by atomic mass is 10.1. The van der Waals surface area contributed by atoms with Crippen molar-refractivity contribution in [2.24, 2.45) is 20.5 Å². The zero-order chi connectivity index (χ0) is 9.26. The van der Waals surface area contributed by atoms with E-state index < -0.39 is 11.8 Å². The van der Waals surface area contributed by atoms with E-state index in [0.29, 0.717) is 11.1 Å². The first-order valence-corrected chi connectivity index (χ1v) is 3.56. The van der Waals surface area contributed by atoms with Crippen molar-refractivity contribution in [1.29, 1.82) is 0 Å². The van der Waals surface area contributed by atoms with Crippen LogP contribution in [0, 0.1) is 0 Å². The normalized spacial score (nSPS) is 19.7. The molecule has 64 valence electrons. The lowest BCUT2D eigenvalue weighted by molar-refractivity contribution is -0.114. The van der Waals surface area contributed by atoms with Crippen LogP contribution in [0.5, 0.6) is 0 Å². The quantitative estimate of drug-likeness (QED) is 0.631. The molecule has 0 saturated heterocycles. The molecule has 6 nitrogen and oxygen atoms in total. The van der Waals surface area contributed by atoms with E-state index in [2.05, 4.69) is 20.5 Å². The van der Waals surface area contributed by atoms with Gasteiger partial charge < -0.3 is 0 Å². The summed E-state index contributed by atoms with van der Waals surface area (Å²) in [5, 5.41) is 13.4.